The van der Waals surface area contributed by atoms with E-state index in [9.17, 15) is 4.57 Å². The molecule has 0 saturated carbocycles. The van der Waals surface area contributed by atoms with Crippen LogP contribution in [-0.2, 0) is 9.30 Å². The first-order valence-electron chi connectivity index (χ1n) is 2.29. The zero-order valence-electron chi connectivity index (χ0n) is 4.93. The van der Waals surface area contributed by atoms with E-state index >= 15 is 0 Å². The Morgan fingerprint density at radius 3 is 1.50 bits per heavy atom. The van der Waals surface area contributed by atoms with E-state index in [1.54, 1.807) is 0 Å². The molecule has 0 aromatic carbocycles. The summed E-state index contributed by atoms with van der Waals surface area (Å²) in [5.74, 6) is 0. The van der Waals surface area contributed by atoms with Crippen LogP contribution in [0, 0.1) is 0 Å². The number of ether oxygens (including phenoxy) is 1. The molecule has 62 valence electrons. The van der Waals surface area contributed by atoms with Gasteiger partial charge >= 0.3 is 5.20 Å². The van der Waals surface area contributed by atoms with Crippen LogP contribution >= 0.6 is 50.5 Å². The van der Waals surface area contributed by atoms with E-state index in [1.807, 2.05) is 6.92 Å². The lowest BCUT2D eigenvalue weighted by Gasteiger charge is -1.74. The van der Waals surface area contributed by atoms with Crippen LogP contribution in [0.5, 0.6) is 0 Å². The number of halogens is 4. The fourth-order valence-electron chi connectivity index (χ4n) is 0.160. The van der Waals surface area contributed by atoms with Crippen LogP contribution in [0.2, 0.25) is 0 Å². The summed E-state index contributed by atoms with van der Waals surface area (Å²) in [5.41, 5.74) is 0.0231. The molecule has 1 heterocycles. The zero-order valence-corrected chi connectivity index (χ0v) is 8.85. The molecule has 0 aromatic heterocycles. The molecule has 1 aliphatic rings. The number of hydrogen-bond acceptors (Lipinski definition) is 2. The molecule has 0 radical (unpaired) electrons. The first-order valence-corrected chi connectivity index (χ1v) is 7.15. The molecule has 1 aliphatic heterocycles. The largest absolute Gasteiger partial charge is 0.353 e. The molecule has 2 atom stereocenters. The van der Waals surface area contributed by atoms with Crippen molar-refractivity contribution in [3.8, 4) is 0 Å². The van der Waals surface area contributed by atoms with E-state index in [4.69, 9.17) is 11.6 Å². The predicted octanol–water partition coefficient (Wildman–Crippen LogP) is 3.78. The van der Waals surface area contributed by atoms with Crippen LogP contribution in [-0.4, -0.2) is 11.7 Å². The molecule has 0 bridgehead atoms. The summed E-state index contributed by atoms with van der Waals surface area (Å²) in [6, 6.07) is 0. The molecule has 7 heteroatoms. The highest BCUT2D eigenvalue weighted by atomic mass is 36.0. The van der Waals surface area contributed by atoms with Gasteiger partial charge in [-0.1, -0.05) is 11.6 Å². The Bertz CT molecular complexity index is 131. The maximum atomic E-state index is 9.51. The van der Waals surface area contributed by atoms with Gasteiger partial charge in [0.05, 0.1) is 6.10 Å². The van der Waals surface area contributed by atoms with E-state index in [0.717, 1.165) is 0 Å². The number of epoxide rings is 1. The minimum absolute atomic E-state index is 0.0231. The second-order valence-corrected chi connectivity index (χ2v) is 8.66. The molecule has 10 heavy (non-hydrogen) atoms. The van der Waals surface area contributed by atoms with Gasteiger partial charge in [-0.25, -0.2) is 0 Å². The highest BCUT2D eigenvalue weighted by molar-refractivity contribution is 8.24. The summed E-state index contributed by atoms with van der Waals surface area (Å²) in [7, 11) is 0. The third-order valence-electron chi connectivity index (χ3n) is 0.637. The van der Waals surface area contributed by atoms with Crippen molar-refractivity contribution in [2.75, 3.05) is 0 Å². The standard InChI is InChI=1S/C3H5ClO.Cl3OP/c1-2-3(4)5-2;1-5(2,3)4/h2-3H,1H3;. The van der Waals surface area contributed by atoms with Crippen molar-refractivity contribution >= 4 is 50.5 Å². The molecule has 0 aliphatic carbocycles. The lowest BCUT2D eigenvalue weighted by Crippen LogP contribution is -1.69. The number of hydrogen-bond donors (Lipinski definition) is 0. The van der Waals surface area contributed by atoms with Crippen molar-refractivity contribution in [3.05, 3.63) is 0 Å². The second-order valence-electron chi connectivity index (χ2n) is 1.59. The van der Waals surface area contributed by atoms with E-state index in [-0.39, 0.29) is 5.56 Å². The third kappa shape index (κ3) is 12.1. The van der Waals surface area contributed by atoms with Gasteiger partial charge in [-0.2, -0.15) is 0 Å². The van der Waals surface area contributed by atoms with Gasteiger partial charge in [0, 0.05) is 0 Å². The smallest absolute Gasteiger partial charge is 0.339 e. The molecule has 2 nitrogen and oxygen atoms in total. The molecule has 1 fully saturated rings. The van der Waals surface area contributed by atoms with Gasteiger partial charge in [0.1, 0.15) is 0 Å². The van der Waals surface area contributed by atoms with Crippen LogP contribution < -0.4 is 0 Å². The average molecular weight is 246 g/mol. The molecule has 1 saturated heterocycles. The molecule has 0 N–H and O–H groups in total. The van der Waals surface area contributed by atoms with Gasteiger partial charge < -0.3 is 4.74 Å². The Morgan fingerprint density at radius 1 is 1.40 bits per heavy atom. The van der Waals surface area contributed by atoms with E-state index in [0.29, 0.717) is 6.10 Å². The molecular weight excluding hydrogens is 241 g/mol. The average Bonchev–Trinajstić information content (AvgIpc) is 2.12. The predicted molar refractivity (Wildman–Crippen MR) is 45.4 cm³/mol. The Hall–Kier alpha value is 1.35. The minimum Gasteiger partial charge on any atom is -0.353 e. The Labute approximate surface area is 78.5 Å². The first-order chi connectivity index (χ1) is 4.30. The van der Waals surface area contributed by atoms with Crippen molar-refractivity contribution in [2.24, 2.45) is 0 Å². The topological polar surface area (TPSA) is 29.6 Å². The molecule has 2 unspecified atom stereocenters. The molecule has 1 rings (SSSR count). The van der Waals surface area contributed by atoms with Gasteiger partial charge in [-0.05, 0) is 40.6 Å². The van der Waals surface area contributed by atoms with Crippen LogP contribution in [0.3, 0.4) is 0 Å². The van der Waals surface area contributed by atoms with Gasteiger partial charge in [-0.3, -0.25) is 4.57 Å². The fourth-order valence-corrected chi connectivity index (χ4v) is 0.322. The number of alkyl halides is 1. The molecular formula is C3H5Cl4O2P. The van der Waals surface area contributed by atoms with Gasteiger partial charge in [0.25, 0.3) is 0 Å². The monoisotopic (exact) mass is 244 g/mol. The van der Waals surface area contributed by atoms with E-state index < -0.39 is 5.20 Å². The van der Waals surface area contributed by atoms with Crippen molar-refractivity contribution in [1.29, 1.82) is 0 Å². The van der Waals surface area contributed by atoms with Gasteiger partial charge in [-0.15, -0.1) is 0 Å². The van der Waals surface area contributed by atoms with Gasteiger partial charge in [0.15, 0.2) is 5.56 Å². The lowest BCUT2D eigenvalue weighted by atomic mass is 10.6. The first kappa shape index (κ1) is 11.4. The second kappa shape index (κ2) is 4.39. The zero-order chi connectivity index (χ0) is 8.36. The highest BCUT2D eigenvalue weighted by Gasteiger charge is 2.30. The maximum absolute atomic E-state index is 9.51. The van der Waals surface area contributed by atoms with Gasteiger partial charge in [0.2, 0.25) is 0 Å². The van der Waals surface area contributed by atoms with Crippen molar-refractivity contribution < 1.29 is 9.30 Å². The van der Waals surface area contributed by atoms with Crippen molar-refractivity contribution in [2.45, 2.75) is 18.6 Å². The molecule has 0 amide bonds. The Balaban J connectivity index is 0.000000162. The van der Waals surface area contributed by atoms with E-state index in [1.165, 1.54) is 0 Å². The molecule has 0 spiro atoms. The Morgan fingerprint density at radius 2 is 1.50 bits per heavy atom. The van der Waals surface area contributed by atoms with Crippen LogP contribution in [0.25, 0.3) is 0 Å². The summed E-state index contributed by atoms with van der Waals surface area (Å²) in [6.45, 7) is 1.94. The summed E-state index contributed by atoms with van der Waals surface area (Å²) >= 11 is 19.2. The lowest BCUT2D eigenvalue weighted by molar-refractivity contribution is 0.411. The normalized spacial score (nSPS) is 30.5. The van der Waals surface area contributed by atoms with Crippen LogP contribution in [0.1, 0.15) is 6.92 Å². The van der Waals surface area contributed by atoms with E-state index in [2.05, 4.69) is 38.5 Å². The summed E-state index contributed by atoms with van der Waals surface area (Å²) < 4.78 is 14.2. The maximum Gasteiger partial charge on any atom is 0.339 e. The van der Waals surface area contributed by atoms with Crippen LogP contribution in [0.4, 0.5) is 0 Å². The minimum atomic E-state index is -3.22. The quantitative estimate of drug-likeness (QED) is 0.369. The van der Waals surface area contributed by atoms with Crippen LogP contribution in [0.15, 0.2) is 0 Å². The summed E-state index contributed by atoms with van der Waals surface area (Å²) in [5, 5.41) is -3.22. The SMILES string of the molecule is CC1OC1Cl.O=P(Cl)(Cl)Cl. The summed E-state index contributed by atoms with van der Waals surface area (Å²) in [4.78, 5) is 0. The third-order valence-corrected chi connectivity index (χ3v) is 1.09. The fraction of sp³-hybridized carbons (Fsp3) is 1.00. The van der Waals surface area contributed by atoms with Crippen molar-refractivity contribution in [1.82, 2.24) is 0 Å². The highest BCUT2D eigenvalue weighted by Crippen LogP contribution is 2.61. The molecule has 0 aromatic rings. The summed E-state index contributed by atoms with van der Waals surface area (Å²) in [6.07, 6.45) is 0.316. The number of rotatable bonds is 0. The Kier molecular flexibility index (Phi) is 4.99. The van der Waals surface area contributed by atoms with Crippen molar-refractivity contribution in [3.63, 3.8) is 0 Å².